The van der Waals surface area contributed by atoms with Crippen LogP contribution in [0.5, 0.6) is 0 Å². The van der Waals surface area contributed by atoms with Crippen molar-refractivity contribution < 1.29 is 0 Å². The zero-order valence-electron chi connectivity index (χ0n) is 16.7. The molecule has 0 spiro atoms. The minimum atomic E-state index is -0.0443. The summed E-state index contributed by atoms with van der Waals surface area (Å²) in [6.07, 6.45) is 8.30. The number of anilines is 1. The van der Waals surface area contributed by atoms with Crippen LogP contribution in [-0.2, 0) is 12.2 Å². The van der Waals surface area contributed by atoms with E-state index in [-0.39, 0.29) is 11.6 Å². The van der Waals surface area contributed by atoms with Crippen LogP contribution in [0, 0.1) is 0 Å². The number of rotatable bonds is 4. The molecule has 1 aliphatic carbocycles. The molecule has 3 aromatic heterocycles. The monoisotopic (exact) mass is 420 g/mol. The molecule has 1 N–H and O–H groups in total. The fourth-order valence-electron chi connectivity index (χ4n) is 4.24. The van der Waals surface area contributed by atoms with E-state index < -0.39 is 0 Å². The highest BCUT2D eigenvalue weighted by Gasteiger charge is 2.25. The van der Waals surface area contributed by atoms with E-state index in [0.717, 1.165) is 66.4 Å². The third-order valence-electron chi connectivity index (χ3n) is 5.88. The van der Waals surface area contributed by atoms with Gasteiger partial charge in [0.05, 0.1) is 17.4 Å². The van der Waals surface area contributed by atoms with Crippen molar-refractivity contribution in [3.63, 3.8) is 0 Å². The van der Waals surface area contributed by atoms with Gasteiger partial charge in [-0.3, -0.25) is 9.78 Å². The minimum absolute atomic E-state index is 0.0443. The summed E-state index contributed by atoms with van der Waals surface area (Å²) in [6, 6.07) is 9.86. The number of nitrogens with zero attached hydrogens (tertiary/aromatic N) is 5. The quantitative estimate of drug-likeness (QED) is 0.691. The van der Waals surface area contributed by atoms with Gasteiger partial charge in [-0.1, -0.05) is 0 Å². The maximum absolute atomic E-state index is 12.5. The smallest absolute Gasteiger partial charge is 0.267 e. The normalized spacial score (nSPS) is 21.1. The molecule has 1 aliphatic heterocycles. The molecule has 0 radical (unpaired) electrons. The van der Waals surface area contributed by atoms with Crippen molar-refractivity contribution in [3.05, 3.63) is 64.3 Å². The number of aryl methyl sites for hydroxylation is 1. The molecular formula is C22H24N6OS. The van der Waals surface area contributed by atoms with Gasteiger partial charge in [0.2, 0.25) is 0 Å². The van der Waals surface area contributed by atoms with E-state index in [1.165, 1.54) is 5.56 Å². The van der Waals surface area contributed by atoms with Gasteiger partial charge in [-0.2, -0.15) is 22.0 Å². The van der Waals surface area contributed by atoms with E-state index in [1.54, 1.807) is 29.2 Å². The molecule has 1 fully saturated rings. The van der Waals surface area contributed by atoms with Gasteiger partial charge in [-0.15, -0.1) is 5.10 Å². The van der Waals surface area contributed by atoms with E-state index in [2.05, 4.69) is 31.7 Å². The van der Waals surface area contributed by atoms with Gasteiger partial charge in [-0.05, 0) is 61.3 Å². The van der Waals surface area contributed by atoms with Crippen LogP contribution in [-0.4, -0.2) is 36.8 Å². The van der Waals surface area contributed by atoms with Crippen molar-refractivity contribution in [2.24, 2.45) is 0 Å². The van der Waals surface area contributed by atoms with Crippen molar-refractivity contribution >= 4 is 17.6 Å². The van der Waals surface area contributed by atoms with E-state index >= 15 is 0 Å². The zero-order valence-corrected chi connectivity index (χ0v) is 17.5. The number of hydrogen-bond acceptors (Lipinski definition) is 7. The van der Waals surface area contributed by atoms with Gasteiger partial charge in [0.25, 0.3) is 5.56 Å². The molecule has 0 amide bonds. The Bertz CT molecular complexity index is 1080. The highest BCUT2D eigenvalue weighted by atomic mass is 32.2. The molecule has 0 aromatic carbocycles. The number of aromatic nitrogens is 5. The van der Waals surface area contributed by atoms with Crippen LogP contribution in [0.1, 0.15) is 43.0 Å². The summed E-state index contributed by atoms with van der Waals surface area (Å²) < 4.78 is 1.66. The zero-order chi connectivity index (χ0) is 20.3. The number of pyridine rings is 1. The minimum Gasteiger partial charge on any atom is -0.366 e. The first-order valence-corrected chi connectivity index (χ1v) is 11.6. The Hall–Kier alpha value is -2.74. The standard InChI is InChI=1S/C22H24N6OS/c29-22-8-7-20(15-2-1-10-23-13-15)27-28(22)18-5-3-17(4-6-18)24-21-12-16-14-30-11-9-19(16)25-26-21/h1-2,7-8,10,12-13,17-18H,3-6,9,11,14H2,(H,24,26). The van der Waals surface area contributed by atoms with Crippen LogP contribution in [0.15, 0.2) is 47.5 Å². The number of hydrogen-bond donors (Lipinski definition) is 1. The van der Waals surface area contributed by atoms with Crippen molar-refractivity contribution in [2.75, 3.05) is 11.1 Å². The Kier molecular flexibility index (Phi) is 5.48. The first-order chi connectivity index (χ1) is 14.8. The third-order valence-corrected chi connectivity index (χ3v) is 6.89. The lowest BCUT2D eigenvalue weighted by Gasteiger charge is -2.30. The summed E-state index contributed by atoms with van der Waals surface area (Å²) in [4.78, 5) is 16.6. The molecule has 0 unspecified atom stereocenters. The predicted molar refractivity (Wildman–Crippen MR) is 119 cm³/mol. The molecule has 4 heterocycles. The van der Waals surface area contributed by atoms with Crippen molar-refractivity contribution in [1.29, 1.82) is 0 Å². The van der Waals surface area contributed by atoms with Crippen molar-refractivity contribution in [3.8, 4) is 11.3 Å². The Morgan fingerprint density at radius 1 is 1.10 bits per heavy atom. The van der Waals surface area contributed by atoms with Crippen LogP contribution in [0.2, 0.25) is 0 Å². The van der Waals surface area contributed by atoms with Crippen LogP contribution in [0.4, 0.5) is 5.82 Å². The van der Waals surface area contributed by atoms with E-state index in [4.69, 9.17) is 0 Å². The Labute approximate surface area is 179 Å². The molecule has 7 nitrogen and oxygen atoms in total. The topological polar surface area (TPSA) is 85.6 Å². The van der Waals surface area contributed by atoms with Gasteiger partial charge in [0.15, 0.2) is 0 Å². The summed E-state index contributed by atoms with van der Waals surface area (Å²) in [5.74, 6) is 3.02. The van der Waals surface area contributed by atoms with Crippen LogP contribution >= 0.6 is 11.8 Å². The maximum atomic E-state index is 12.5. The second-order valence-corrected chi connectivity index (χ2v) is 9.00. The first-order valence-electron chi connectivity index (χ1n) is 10.5. The van der Waals surface area contributed by atoms with Gasteiger partial charge in [0, 0.05) is 42.2 Å². The van der Waals surface area contributed by atoms with Crippen LogP contribution in [0.3, 0.4) is 0 Å². The largest absolute Gasteiger partial charge is 0.366 e. The Balaban J connectivity index is 1.26. The molecule has 154 valence electrons. The summed E-state index contributed by atoms with van der Waals surface area (Å²) in [5, 5.41) is 17.0. The molecule has 5 rings (SSSR count). The van der Waals surface area contributed by atoms with Gasteiger partial charge >= 0.3 is 0 Å². The fourth-order valence-corrected chi connectivity index (χ4v) is 5.19. The van der Waals surface area contributed by atoms with Crippen LogP contribution in [0.25, 0.3) is 11.3 Å². The van der Waals surface area contributed by atoms with Crippen molar-refractivity contribution in [2.45, 2.75) is 49.9 Å². The molecule has 3 aromatic rings. The van der Waals surface area contributed by atoms with Gasteiger partial charge < -0.3 is 5.32 Å². The molecule has 30 heavy (non-hydrogen) atoms. The van der Waals surface area contributed by atoms with E-state index in [1.807, 2.05) is 23.9 Å². The van der Waals surface area contributed by atoms with Crippen LogP contribution < -0.4 is 10.9 Å². The van der Waals surface area contributed by atoms with E-state index in [0.29, 0.717) is 6.04 Å². The average Bonchev–Trinajstić information content (AvgIpc) is 2.80. The highest BCUT2D eigenvalue weighted by Crippen LogP contribution is 2.30. The SMILES string of the molecule is O=c1ccc(-c2cccnc2)nn1C1CCC(Nc2cc3c(nn2)CCSC3)CC1. The number of fused-ring (bicyclic) bond motifs is 1. The third kappa shape index (κ3) is 4.09. The molecule has 0 atom stereocenters. The molecule has 8 heteroatoms. The number of thioether (sulfide) groups is 1. The lowest BCUT2D eigenvalue weighted by molar-refractivity contribution is 0.304. The Morgan fingerprint density at radius 3 is 2.83 bits per heavy atom. The van der Waals surface area contributed by atoms with E-state index in [9.17, 15) is 4.79 Å². The summed E-state index contributed by atoms with van der Waals surface area (Å²) in [5.41, 5.74) is 4.11. The average molecular weight is 421 g/mol. The lowest BCUT2D eigenvalue weighted by atomic mass is 9.91. The summed E-state index contributed by atoms with van der Waals surface area (Å²) in [7, 11) is 0. The molecule has 0 saturated heterocycles. The second-order valence-electron chi connectivity index (χ2n) is 7.90. The van der Waals surface area contributed by atoms with Gasteiger partial charge in [0.1, 0.15) is 5.82 Å². The summed E-state index contributed by atoms with van der Waals surface area (Å²) in [6.45, 7) is 0. The Morgan fingerprint density at radius 2 is 2.00 bits per heavy atom. The highest BCUT2D eigenvalue weighted by molar-refractivity contribution is 7.98. The molecular weight excluding hydrogens is 396 g/mol. The predicted octanol–water partition coefficient (Wildman–Crippen LogP) is 3.48. The fraction of sp³-hybridized carbons (Fsp3) is 0.409. The number of nitrogens with one attached hydrogen (secondary N) is 1. The molecule has 1 saturated carbocycles. The molecule has 2 aliphatic rings. The van der Waals surface area contributed by atoms with Gasteiger partial charge in [-0.25, -0.2) is 4.68 Å². The lowest BCUT2D eigenvalue weighted by Crippen LogP contribution is -2.33. The maximum Gasteiger partial charge on any atom is 0.267 e. The van der Waals surface area contributed by atoms with Crippen molar-refractivity contribution in [1.82, 2.24) is 25.0 Å². The molecule has 0 bridgehead atoms. The summed E-state index contributed by atoms with van der Waals surface area (Å²) >= 11 is 1.95. The second kappa shape index (κ2) is 8.55. The first kappa shape index (κ1) is 19.2.